The van der Waals surface area contributed by atoms with Crippen LogP contribution in [-0.4, -0.2) is 36.0 Å². The molecule has 1 heterocycles. The van der Waals surface area contributed by atoms with E-state index in [1.165, 1.54) is 18.2 Å². The number of rotatable bonds is 5. The second-order valence-electron chi connectivity index (χ2n) is 5.05. The molecular formula is C14H20FN3O2. The van der Waals surface area contributed by atoms with E-state index in [1.54, 1.807) is 0 Å². The average molecular weight is 281 g/mol. The van der Waals surface area contributed by atoms with Gasteiger partial charge in [-0.3, -0.25) is 15.0 Å². The molecule has 1 N–H and O–H groups in total. The molecule has 1 fully saturated rings. The molecule has 1 aromatic rings. The second kappa shape index (κ2) is 6.76. The van der Waals surface area contributed by atoms with Gasteiger partial charge < -0.3 is 5.32 Å². The zero-order valence-corrected chi connectivity index (χ0v) is 11.6. The molecule has 6 heteroatoms. The maximum atomic E-state index is 14.1. The molecule has 0 saturated carbocycles. The molecule has 1 aliphatic heterocycles. The van der Waals surface area contributed by atoms with Crippen molar-refractivity contribution >= 4 is 5.69 Å². The minimum Gasteiger partial charge on any atom is -0.314 e. The molecule has 20 heavy (non-hydrogen) atoms. The first kappa shape index (κ1) is 14.9. The zero-order valence-electron chi connectivity index (χ0n) is 11.6. The van der Waals surface area contributed by atoms with Crippen LogP contribution in [0.1, 0.15) is 31.4 Å². The summed E-state index contributed by atoms with van der Waals surface area (Å²) < 4.78 is 14.1. The fourth-order valence-electron chi connectivity index (χ4n) is 2.70. The molecule has 1 atom stereocenters. The van der Waals surface area contributed by atoms with Gasteiger partial charge in [-0.15, -0.1) is 0 Å². The lowest BCUT2D eigenvalue weighted by molar-refractivity contribution is -0.385. The Morgan fingerprint density at radius 1 is 1.45 bits per heavy atom. The van der Waals surface area contributed by atoms with E-state index in [-0.39, 0.29) is 17.5 Å². The summed E-state index contributed by atoms with van der Waals surface area (Å²) in [6.07, 6.45) is 1.72. The monoisotopic (exact) mass is 281 g/mol. The van der Waals surface area contributed by atoms with Gasteiger partial charge in [0.2, 0.25) is 0 Å². The highest BCUT2D eigenvalue weighted by Gasteiger charge is 2.25. The van der Waals surface area contributed by atoms with Crippen LogP contribution >= 0.6 is 0 Å². The van der Waals surface area contributed by atoms with Gasteiger partial charge >= 0.3 is 0 Å². The maximum Gasteiger partial charge on any atom is 0.269 e. The van der Waals surface area contributed by atoms with E-state index in [2.05, 4.69) is 10.2 Å². The van der Waals surface area contributed by atoms with Crippen molar-refractivity contribution in [2.24, 2.45) is 0 Å². The molecule has 0 aromatic heterocycles. The summed E-state index contributed by atoms with van der Waals surface area (Å²) in [6.45, 7) is 5.47. The van der Waals surface area contributed by atoms with E-state index in [0.29, 0.717) is 5.56 Å². The highest BCUT2D eigenvalue weighted by atomic mass is 19.1. The summed E-state index contributed by atoms with van der Waals surface area (Å²) in [4.78, 5) is 12.6. The second-order valence-corrected chi connectivity index (χ2v) is 5.05. The first-order chi connectivity index (χ1) is 9.63. The van der Waals surface area contributed by atoms with Crippen molar-refractivity contribution in [2.45, 2.75) is 25.8 Å². The van der Waals surface area contributed by atoms with Crippen LogP contribution in [0.25, 0.3) is 0 Å². The Labute approximate surface area is 117 Å². The largest absolute Gasteiger partial charge is 0.314 e. The third-order valence-electron chi connectivity index (χ3n) is 3.70. The van der Waals surface area contributed by atoms with Crippen LogP contribution in [-0.2, 0) is 0 Å². The van der Waals surface area contributed by atoms with Gasteiger partial charge in [-0.2, -0.15) is 0 Å². The number of nitrogens with one attached hydrogen (secondary N) is 1. The Morgan fingerprint density at radius 2 is 2.15 bits per heavy atom. The quantitative estimate of drug-likeness (QED) is 0.665. The maximum absolute atomic E-state index is 14.1. The molecule has 0 bridgehead atoms. The number of hydrogen-bond acceptors (Lipinski definition) is 4. The van der Waals surface area contributed by atoms with E-state index < -0.39 is 4.92 Å². The third kappa shape index (κ3) is 3.32. The van der Waals surface area contributed by atoms with E-state index in [0.717, 1.165) is 39.0 Å². The lowest BCUT2D eigenvalue weighted by Gasteiger charge is -2.35. The number of halogens is 1. The van der Waals surface area contributed by atoms with Gasteiger partial charge in [0.15, 0.2) is 0 Å². The molecule has 1 saturated heterocycles. The summed E-state index contributed by atoms with van der Waals surface area (Å²) in [5, 5.41) is 14.1. The molecule has 0 radical (unpaired) electrons. The van der Waals surface area contributed by atoms with E-state index in [9.17, 15) is 14.5 Å². The third-order valence-corrected chi connectivity index (χ3v) is 3.70. The van der Waals surface area contributed by atoms with Crippen LogP contribution in [0.5, 0.6) is 0 Å². The lowest BCUT2D eigenvalue weighted by atomic mass is 9.98. The average Bonchev–Trinajstić information content (AvgIpc) is 2.46. The number of benzene rings is 1. The van der Waals surface area contributed by atoms with Crippen molar-refractivity contribution in [3.8, 4) is 0 Å². The smallest absolute Gasteiger partial charge is 0.269 e. The van der Waals surface area contributed by atoms with Crippen molar-refractivity contribution in [3.05, 3.63) is 39.7 Å². The molecule has 0 aliphatic carbocycles. The van der Waals surface area contributed by atoms with Crippen molar-refractivity contribution < 1.29 is 9.31 Å². The van der Waals surface area contributed by atoms with E-state index in [1.807, 2.05) is 6.92 Å². The van der Waals surface area contributed by atoms with Crippen molar-refractivity contribution in [1.29, 1.82) is 0 Å². The molecule has 2 rings (SSSR count). The van der Waals surface area contributed by atoms with Crippen molar-refractivity contribution in [3.63, 3.8) is 0 Å². The number of piperazine rings is 1. The van der Waals surface area contributed by atoms with Crippen LogP contribution in [0.15, 0.2) is 18.2 Å². The Hall–Kier alpha value is -1.53. The molecule has 1 aromatic carbocycles. The number of nitro benzene ring substituents is 1. The molecular weight excluding hydrogens is 261 g/mol. The van der Waals surface area contributed by atoms with Gasteiger partial charge in [0, 0.05) is 49.9 Å². The summed E-state index contributed by atoms with van der Waals surface area (Å²) in [6, 6.07) is 3.73. The summed E-state index contributed by atoms with van der Waals surface area (Å²) >= 11 is 0. The Bertz CT molecular complexity index is 475. The minimum absolute atomic E-state index is 0.0439. The van der Waals surface area contributed by atoms with Crippen molar-refractivity contribution in [2.75, 3.05) is 26.2 Å². The predicted molar refractivity (Wildman–Crippen MR) is 75.1 cm³/mol. The predicted octanol–water partition coefficient (Wildman–Crippen LogP) is 2.48. The molecule has 0 unspecified atom stereocenters. The first-order valence-corrected chi connectivity index (χ1v) is 7.02. The Balaban J connectivity index is 2.31. The fraction of sp³-hybridized carbons (Fsp3) is 0.571. The number of non-ortho nitro benzene ring substituents is 1. The summed E-state index contributed by atoms with van der Waals surface area (Å²) in [5.74, 6) is -0.354. The van der Waals surface area contributed by atoms with Gasteiger partial charge in [0.1, 0.15) is 5.82 Å². The van der Waals surface area contributed by atoms with Crippen LogP contribution in [0.2, 0.25) is 0 Å². The minimum atomic E-state index is -0.469. The molecule has 1 aliphatic rings. The zero-order chi connectivity index (χ0) is 14.5. The van der Waals surface area contributed by atoms with E-state index >= 15 is 0 Å². The molecule has 110 valence electrons. The standard InChI is InChI=1S/C14H20FN3O2/c1-2-3-14(17-8-6-16-7-9-17)12-10-11(18(19)20)4-5-13(12)15/h4-5,10,14,16H,2-3,6-9H2,1H3/t14-/m1/s1. The fourth-order valence-corrected chi connectivity index (χ4v) is 2.70. The summed E-state index contributed by atoms with van der Waals surface area (Å²) in [7, 11) is 0. The number of nitrogens with zero attached hydrogens (tertiary/aromatic N) is 2. The van der Waals surface area contributed by atoms with Gasteiger partial charge in [0.25, 0.3) is 5.69 Å². The number of nitro groups is 1. The Morgan fingerprint density at radius 3 is 2.75 bits per heavy atom. The molecule has 0 spiro atoms. The summed E-state index contributed by atoms with van der Waals surface area (Å²) in [5.41, 5.74) is 0.403. The highest BCUT2D eigenvalue weighted by molar-refractivity contribution is 5.37. The van der Waals surface area contributed by atoms with Crippen molar-refractivity contribution in [1.82, 2.24) is 10.2 Å². The van der Waals surface area contributed by atoms with Gasteiger partial charge in [-0.1, -0.05) is 13.3 Å². The highest BCUT2D eigenvalue weighted by Crippen LogP contribution is 2.30. The first-order valence-electron chi connectivity index (χ1n) is 7.02. The van der Waals surface area contributed by atoms with Crippen LogP contribution in [0, 0.1) is 15.9 Å². The van der Waals surface area contributed by atoms with Crippen LogP contribution in [0.4, 0.5) is 10.1 Å². The van der Waals surface area contributed by atoms with Gasteiger partial charge in [0.05, 0.1) is 4.92 Å². The molecule has 5 nitrogen and oxygen atoms in total. The normalized spacial score (nSPS) is 17.9. The topological polar surface area (TPSA) is 58.4 Å². The van der Waals surface area contributed by atoms with Gasteiger partial charge in [-0.05, 0) is 12.5 Å². The molecule has 0 amide bonds. The number of hydrogen-bond donors (Lipinski definition) is 1. The van der Waals surface area contributed by atoms with Crippen LogP contribution in [0.3, 0.4) is 0 Å². The lowest BCUT2D eigenvalue weighted by Crippen LogP contribution is -2.45. The SMILES string of the molecule is CCC[C@H](c1cc([N+](=O)[O-])ccc1F)N1CCNCC1. The van der Waals surface area contributed by atoms with E-state index in [4.69, 9.17) is 0 Å². The van der Waals surface area contributed by atoms with Gasteiger partial charge in [-0.25, -0.2) is 4.39 Å². The van der Waals surface area contributed by atoms with Crippen LogP contribution < -0.4 is 5.32 Å². The Kier molecular flexibility index (Phi) is 5.03.